The number of carboxylic acids is 1. The molecule has 6 rings (SSSR count). The second-order valence-electron chi connectivity index (χ2n) is 10.3. The van der Waals surface area contributed by atoms with E-state index in [0.717, 1.165) is 44.8 Å². The van der Waals surface area contributed by atoms with Gasteiger partial charge in [-0.05, 0) is 43.3 Å². The van der Waals surface area contributed by atoms with E-state index in [4.69, 9.17) is 9.72 Å². The van der Waals surface area contributed by atoms with E-state index >= 15 is 0 Å². The van der Waals surface area contributed by atoms with E-state index in [-0.39, 0.29) is 23.4 Å². The van der Waals surface area contributed by atoms with Gasteiger partial charge in [0, 0.05) is 55.2 Å². The molecule has 4 aromatic heterocycles. The lowest BCUT2D eigenvalue weighted by molar-refractivity contribution is -0.117. The van der Waals surface area contributed by atoms with E-state index in [1.165, 1.54) is 0 Å². The van der Waals surface area contributed by atoms with Crippen molar-refractivity contribution in [3.63, 3.8) is 0 Å². The monoisotopic (exact) mass is 586 g/mol. The summed E-state index contributed by atoms with van der Waals surface area (Å²) in [5.74, 6) is 0.352. The van der Waals surface area contributed by atoms with E-state index in [9.17, 15) is 14.7 Å². The molecule has 0 radical (unpaired) electrons. The molecule has 12 nitrogen and oxygen atoms in total. The molecule has 0 aliphatic carbocycles. The Morgan fingerprint density at radius 2 is 2.12 bits per heavy atom. The number of aryl methyl sites for hydroxylation is 3. The van der Waals surface area contributed by atoms with Gasteiger partial charge < -0.3 is 25.5 Å². The summed E-state index contributed by atoms with van der Waals surface area (Å²) in [6, 6.07) is 9.37. The van der Waals surface area contributed by atoms with Gasteiger partial charge in [0.2, 0.25) is 11.9 Å². The van der Waals surface area contributed by atoms with Crippen molar-refractivity contribution >= 4 is 51.6 Å². The molecule has 1 fully saturated rings. The molecule has 1 aliphatic heterocycles. The van der Waals surface area contributed by atoms with Gasteiger partial charge in [0.1, 0.15) is 11.9 Å². The number of hydrogen-bond donors (Lipinski definition) is 4. The SMILES string of the molecule is Cc1cnc(Nc2cc(C)n(C)n2)nc1-c1c[nH]c2c(NC(=O)CN3CCC(Oc4ccsc4C(=O)O)C3)cccc12. The van der Waals surface area contributed by atoms with Crippen LogP contribution in [0.15, 0.2) is 48.1 Å². The van der Waals surface area contributed by atoms with Crippen molar-refractivity contribution in [1.29, 1.82) is 0 Å². The number of benzene rings is 1. The van der Waals surface area contributed by atoms with Crippen molar-refractivity contribution in [2.45, 2.75) is 26.4 Å². The maximum Gasteiger partial charge on any atom is 0.349 e. The zero-order chi connectivity index (χ0) is 29.4. The zero-order valence-corrected chi connectivity index (χ0v) is 24.2. The van der Waals surface area contributed by atoms with Gasteiger partial charge in [0.25, 0.3) is 0 Å². The van der Waals surface area contributed by atoms with Crippen molar-refractivity contribution < 1.29 is 19.4 Å². The van der Waals surface area contributed by atoms with Crippen LogP contribution in [0.4, 0.5) is 17.5 Å². The number of H-pyrrole nitrogens is 1. The van der Waals surface area contributed by atoms with E-state index in [1.807, 2.05) is 56.3 Å². The fraction of sp³-hybridized carbons (Fsp3) is 0.276. The molecule has 1 atom stereocenters. The number of rotatable bonds is 9. The van der Waals surface area contributed by atoms with Gasteiger partial charge in [-0.1, -0.05) is 12.1 Å². The number of aromatic amines is 1. The average molecular weight is 587 g/mol. The average Bonchev–Trinajstić information content (AvgIpc) is 3.74. The lowest BCUT2D eigenvalue weighted by Crippen LogP contribution is -2.33. The number of anilines is 3. The number of nitrogens with zero attached hydrogens (tertiary/aromatic N) is 5. The highest BCUT2D eigenvalue weighted by Crippen LogP contribution is 2.34. The summed E-state index contributed by atoms with van der Waals surface area (Å²) in [6.45, 7) is 5.36. The van der Waals surface area contributed by atoms with E-state index < -0.39 is 5.97 Å². The molecule has 42 heavy (non-hydrogen) atoms. The molecule has 0 saturated carbocycles. The minimum Gasteiger partial charge on any atom is -0.487 e. The van der Waals surface area contributed by atoms with Gasteiger partial charge >= 0.3 is 5.97 Å². The van der Waals surface area contributed by atoms with Gasteiger partial charge in [-0.25, -0.2) is 14.8 Å². The Bertz CT molecular complexity index is 1770. The minimum absolute atomic E-state index is 0.142. The zero-order valence-electron chi connectivity index (χ0n) is 23.3. The first kappa shape index (κ1) is 27.4. The Morgan fingerprint density at radius 1 is 1.26 bits per heavy atom. The lowest BCUT2D eigenvalue weighted by Gasteiger charge is -2.17. The molecule has 1 aliphatic rings. The fourth-order valence-electron chi connectivity index (χ4n) is 5.12. The first-order valence-electron chi connectivity index (χ1n) is 13.5. The number of amides is 1. The predicted molar refractivity (Wildman–Crippen MR) is 161 cm³/mol. The number of ether oxygens (including phenoxy) is 1. The first-order valence-corrected chi connectivity index (χ1v) is 14.3. The van der Waals surface area contributed by atoms with Crippen LogP contribution < -0.4 is 15.4 Å². The minimum atomic E-state index is -0.998. The first-order chi connectivity index (χ1) is 20.2. The van der Waals surface area contributed by atoms with E-state index in [2.05, 4.69) is 25.7 Å². The van der Waals surface area contributed by atoms with Crippen LogP contribution in [-0.2, 0) is 11.8 Å². The van der Waals surface area contributed by atoms with Crippen LogP contribution in [0.5, 0.6) is 5.75 Å². The Labute approximate surface area is 245 Å². The van der Waals surface area contributed by atoms with Crippen LogP contribution in [0.1, 0.15) is 27.3 Å². The molecule has 1 aromatic carbocycles. The smallest absolute Gasteiger partial charge is 0.349 e. The van der Waals surface area contributed by atoms with Crippen molar-refractivity contribution in [2.24, 2.45) is 7.05 Å². The Hall–Kier alpha value is -4.75. The molecule has 216 valence electrons. The van der Waals surface area contributed by atoms with Gasteiger partial charge in [-0.3, -0.25) is 14.4 Å². The standard InChI is InChI=1S/C29H30N8O4S/c1-16-12-31-29(33-23-11-17(2)36(3)35-23)34-25(16)20-13-30-26-19(20)5-4-6-21(26)32-24(38)15-37-9-7-18(14-37)41-22-8-10-42-27(22)28(39)40/h4-6,8,10-13,18,30H,7,9,14-15H2,1-3H3,(H,32,38)(H,39,40)(H,31,33,34,35). The second-order valence-corrected chi connectivity index (χ2v) is 11.2. The third-order valence-electron chi connectivity index (χ3n) is 7.28. The topological polar surface area (TPSA) is 150 Å². The van der Waals surface area contributed by atoms with Crippen molar-refractivity contribution in [2.75, 3.05) is 30.3 Å². The summed E-state index contributed by atoms with van der Waals surface area (Å²) < 4.78 is 7.71. The molecule has 5 aromatic rings. The van der Waals surface area contributed by atoms with Crippen LogP contribution in [0.3, 0.4) is 0 Å². The molecule has 0 bridgehead atoms. The number of likely N-dealkylation sites (tertiary alicyclic amines) is 1. The highest BCUT2D eigenvalue weighted by Gasteiger charge is 2.27. The Kier molecular flexibility index (Phi) is 7.35. The number of para-hydroxylation sites is 1. The van der Waals surface area contributed by atoms with Gasteiger partial charge in [-0.15, -0.1) is 11.3 Å². The third-order valence-corrected chi connectivity index (χ3v) is 8.17. The largest absolute Gasteiger partial charge is 0.487 e. The van der Waals surface area contributed by atoms with E-state index in [0.29, 0.717) is 42.7 Å². The molecule has 5 heterocycles. The number of aromatic carboxylic acids is 1. The molecule has 4 N–H and O–H groups in total. The number of thiophene rings is 1. The van der Waals surface area contributed by atoms with Gasteiger partial charge in [-0.2, -0.15) is 5.10 Å². The molecule has 1 unspecified atom stereocenters. The van der Waals surface area contributed by atoms with Gasteiger partial charge in [0.05, 0.1) is 23.4 Å². The predicted octanol–water partition coefficient (Wildman–Crippen LogP) is 4.57. The molecule has 0 spiro atoms. The summed E-state index contributed by atoms with van der Waals surface area (Å²) in [7, 11) is 1.88. The lowest BCUT2D eigenvalue weighted by atomic mass is 10.1. The fourth-order valence-corrected chi connectivity index (χ4v) is 5.78. The summed E-state index contributed by atoms with van der Waals surface area (Å²) in [5.41, 5.74) is 5.08. The third kappa shape index (κ3) is 5.56. The number of carboxylic acid groups (broad SMARTS) is 1. The Morgan fingerprint density at radius 3 is 2.90 bits per heavy atom. The maximum atomic E-state index is 13.0. The van der Waals surface area contributed by atoms with Crippen LogP contribution >= 0.6 is 11.3 Å². The number of aromatic nitrogens is 5. The molecule has 1 amide bonds. The summed E-state index contributed by atoms with van der Waals surface area (Å²) in [4.78, 5) is 39.1. The molecule has 1 saturated heterocycles. The van der Waals surface area contributed by atoms with Gasteiger partial charge in [0.15, 0.2) is 10.7 Å². The summed E-state index contributed by atoms with van der Waals surface area (Å²) in [6.07, 6.45) is 4.21. The molecular weight excluding hydrogens is 556 g/mol. The number of carbonyl (C=O) groups excluding carboxylic acids is 1. The highest BCUT2D eigenvalue weighted by atomic mass is 32.1. The van der Waals surface area contributed by atoms with Crippen molar-refractivity contribution in [1.82, 2.24) is 29.6 Å². The maximum absolute atomic E-state index is 13.0. The van der Waals surface area contributed by atoms with Crippen LogP contribution in [-0.4, -0.2) is 72.4 Å². The van der Waals surface area contributed by atoms with Crippen LogP contribution in [0, 0.1) is 13.8 Å². The number of hydrogen-bond acceptors (Lipinski definition) is 9. The summed E-state index contributed by atoms with van der Waals surface area (Å²) >= 11 is 1.14. The second kappa shape index (κ2) is 11.3. The van der Waals surface area contributed by atoms with Crippen LogP contribution in [0.2, 0.25) is 0 Å². The number of carbonyl (C=O) groups is 2. The quantitative estimate of drug-likeness (QED) is 0.195. The molecular formula is C29H30N8O4S. The normalized spacial score (nSPS) is 15.3. The number of nitrogens with one attached hydrogen (secondary N) is 3. The van der Waals surface area contributed by atoms with Crippen LogP contribution in [0.25, 0.3) is 22.2 Å². The Balaban J connectivity index is 1.14. The van der Waals surface area contributed by atoms with Crippen molar-refractivity contribution in [3.05, 3.63) is 64.2 Å². The number of fused-ring (bicyclic) bond motifs is 1. The summed E-state index contributed by atoms with van der Waals surface area (Å²) in [5, 5.41) is 22.6. The molecule has 13 heteroatoms. The van der Waals surface area contributed by atoms with E-state index in [1.54, 1.807) is 22.3 Å². The van der Waals surface area contributed by atoms with Crippen molar-refractivity contribution in [3.8, 4) is 17.0 Å². The highest BCUT2D eigenvalue weighted by molar-refractivity contribution is 7.12.